The van der Waals surface area contributed by atoms with Gasteiger partial charge in [-0.1, -0.05) is 86.9 Å². The lowest BCUT2D eigenvalue weighted by Crippen LogP contribution is -1.87. The fourth-order valence-corrected chi connectivity index (χ4v) is 0.836. The highest BCUT2D eigenvalue weighted by Gasteiger charge is 1.88. The molecular weight excluding hydrogens is 624 g/mol. The second kappa shape index (κ2) is 56.2. The van der Waals surface area contributed by atoms with Gasteiger partial charge in [0.2, 0.25) is 5.24 Å². The van der Waals surface area contributed by atoms with Crippen molar-refractivity contribution < 1.29 is 14.4 Å². The van der Waals surface area contributed by atoms with Crippen LogP contribution in [0.4, 0.5) is 0 Å². The third-order valence-corrected chi connectivity index (χ3v) is 1.59. The van der Waals surface area contributed by atoms with Crippen molar-refractivity contribution in [2.45, 2.75) is 61.8 Å². The Kier molecular flexibility index (Phi) is 98.8. The number of allylic oxidation sites excluding steroid dienone is 1. The molecule has 0 amide bonds. The minimum Gasteiger partial charge on any atom is -0.300 e. The van der Waals surface area contributed by atoms with Crippen molar-refractivity contribution >= 4 is 96.8 Å². The van der Waals surface area contributed by atoms with Gasteiger partial charge in [-0.3, -0.25) is 14.4 Å². The van der Waals surface area contributed by atoms with Crippen LogP contribution in [0, 0.1) is 0 Å². The Bertz CT molecular complexity index is 260. The second-order valence-corrected chi connectivity index (χ2v) is 7.51. The first-order chi connectivity index (χ1) is 11.6. The van der Waals surface area contributed by atoms with Crippen molar-refractivity contribution in [2.75, 3.05) is 20.6 Å². The molecule has 0 aromatic heterocycles. The molecule has 0 saturated carbocycles. The number of rotatable bonds is 5. The van der Waals surface area contributed by atoms with Crippen LogP contribution in [0.3, 0.4) is 0 Å². The predicted octanol–water partition coefficient (Wildman–Crippen LogP) is 7.89. The van der Waals surface area contributed by atoms with Crippen LogP contribution in [0.2, 0.25) is 0 Å². The summed E-state index contributed by atoms with van der Waals surface area (Å²) in [6.45, 7) is 14.4. The summed E-state index contributed by atoms with van der Waals surface area (Å²) >= 11 is 19.7. The van der Waals surface area contributed by atoms with Crippen LogP contribution in [-0.4, -0.2) is 37.4 Å². The van der Waals surface area contributed by atoms with Gasteiger partial charge in [-0.2, -0.15) is 0 Å². The molecule has 0 saturated heterocycles. The van der Waals surface area contributed by atoms with Gasteiger partial charge in [-0.15, -0.1) is 23.2 Å². The van der Waals surface area contributed by atoms with Crippen LogP contribution in [0.25, 0.3) is 0 Å². The summed E-state index contributed by atoms with van der Waals surface area (Å²) in [7, 11) is 0. The average Bonchev–Trinajstić information content (AvgIpc) is 2.51. The quantitative estimate of drug-likeness (QED) is 0.130. The first-order valence-electron chi connectivity index (χ1n) is 7.69. The summed E-state index contributed by atoms with van der Waals surface area (Å²) in [5, 5.41) is -0.370. The predicted molar refractivity (Wildman–Crippen MR) is 140 cm³/mol. The van der Waals surface area contributed by atoms with E-state index >= 15 is 0 Å². The third-order valence-electron chi connectivity index (χ3n) is 1.03. The number of hydrogen-bond acceptors (Lipinski definition) is 3. The molecule has 0 aromatic rings. The smallest absolute Gasteiger partial charge is 0.222 e. The highest BCUT2D eigenvalue weighted by molar-refractivity contribution is 14.1. The van der Waals surface area contributed by atoms with Gasteiger partial charge in [-0.25, -0.2) is 0 Å². The van der Waals surface area contributed by atoms with Crippen molar-refractivity contribution in [1.29, 1.82) is 0 Å². The second-order valence-electron chi connectivity index (χ2n) is 3.28. The normalized spacial score (nSPS) is 6.73. The number of carbonyl (C=O) groups is 3. The highest BCUT2D eigenvalue weighted by atomic mass is 127. The molecule has 26 heavy (non-hydrogen) atoms. The van der Waals surface area contributed by atoms with Gasteiger partial charge in [0, 0.05) is 24.6 Å². The van der Waals surface area contributed by atoms with Gasteiger partial charge >= 0.3 is 0 Å². The first-order valence-corrected chi connectivity index (χ1v) is 12.2. The fraction of sp³-hybridized carbons (Fsp3) is 0.722. The van der Waals surface area contributed by atoms with Crippen molar-refractivity contribution in [3.8, 4) is 0 Å². The average molecular weight is 662 g/mol. The van der Waals surface area contributed by atoms with E-state index in [4.69, 9.17) is 34.8 Å². The van der Waals surface area contributed by atoms with E-state index in [9.17, 15) is 14.4 Å². The number of halogens is 5. The molecule has 0 aliphatic carbocycles. The molecule has 0 spiro atoms. The molecule has 3 nitrogen and oxygen atoms in total. The number of Topliss-reactive ketones (excluding diaryl/α,β-unsaturated/α-hetero) is 1. The van der Waals surface area contributed by atoms with E-state index in [-0.39, 0.29) is 30.7 Å². The topological polar surface area (TPSA) is 51.2 Å². The SMILES string of the molecule is C.C=CC(C)=O.CC.CC(=O)CCCl.CCI.CCI.O=C(Cl)CCCl. The van der Waals surface area contributed by atoms with Crippen molar-refractivity contribution in [3.63, 3.8) is 0 Å². The zero-order valence-corrected chi connectivity index (χ0v) is 22.7. The van der Waals surface area contributed by atoms with Crippen LogP contribution in [0.1, 0.15) is 61.8 Å². The minimum atomic E-state index is -0.370. The van der Waals surface area contributed by atoms with E-state index in [1.807, 2.05) is 13.8 Å². The van der Waals surface area contributed by atoms with Crippen LogP contribution >= 0.6 is 80.0 Å². The lowest BCUT2D eigenvalue weighted by atomic mass is 10.4. The van der Waals surface area contributed by atoms with Crippen LogP contribution < -0.4 is 0 Å². The summed E-state index contributed by atoms with van der Waals surface area (Å²) in [6, 6.07) is 0. The first kappa shape index (κ1) is 45.7. The molecule has 162 valence electrons. The molecule has 0 rings (SSSR count). The Hall–Kier alpha value is 1.08. The molecule has 8 heteroatoms. The standard InChI is InChI=1S/C4H7ClO.C4H6O.C3H4Cl2O.2C2H5I.C2H6.CH4/c1-4(6)2-3-5;1-3-4(2)5;4-2-1-3(5)6;2*1-2-3;1-2;/h2-3H2,1H3;3H,1H2,2H3;1-2H2;2*2H2,1H3;1-2H3;1H4. The Balaban J connectivity index is -0.0000000344. The maximum atomic E-state index is 9.96. The summed E-state index contributed by atoms with van der Waals surface area (Å²) in [5.74, 6) is 0.951. The highest BCUT2D eigenvalue weighted by Crippen LogP contribution is 1.88. The zero-order chi connectivity index (χ0) is 21.7. The molecule has 0 unspecified atom stereocenters. The maximum Gasteiger partial charge on any atom is 0.222 e. The van der Waals surface area contributed by atoms with Gasteiger partial charge in [-0.05, 0) is 40.4 Å². The number of carbonyl (C=O) groups excluding carboxylic acids is 3. The molecule has 0 fully saturated rings. The van der Waals surface area contributed by atoms with E-state index < -0.39 is 0 Å². The molecule has 0 N–H and O–H groups in total. The summed E-state index contributed by atoms with van der Waals surface area (Å²) in [5.41, 5.74) is 0. The molecule has 0 bridgehead atoms. The fourth-order valence-electron chi connectivity index (χ4n) is 0.207. The maximum absolute atomic E-state index is 9.96. The minimum absolute atomic E-state index is 0. The van der Waals surface area contributed by atoms with E-state index in [0.29, 0.717) is 18.2 Å². The Morgan fingerprint density at radius 2 is 1.15 bits per heavy atom. The van der Waals surface area contributed by atoms with Gasteiger partial charge in [0.25, 0.3) is 0 Å². The Morgan fingerprint density at radius 3 is 1.15 bits per heavy atom. The lowest BCUT2D eigenvalue weighted by molar-refractivity contribution is -0.116. The van der Waals surface area contributed by atoms with Crippen molar-refractivity contribution in [2.24, 2.45) is 0 Å². The molecule has 0 aliphatic heterocycles. The Labute approximate surface area is 204 Å². The van der Waals surface area contributed by atoms with E-state index in [2.05, 4.69) is 65.6 Å². The van der Waals surface area contributed by atoms with Crippen LogP contribution in [0.5, 0.6) is 0 Å². The molecule has 0 aromatic carbocycles. The number of ketones is 2. The molecular formula is C18H37Cl3I2O3. The summed E-state index contributed by atoms with van der Waals surface area (Å²) in [6.07, 6.45) is 2.05. The molecule has 0 radical (unpaired) electrons. The summed E-state index contributed by atoms with van der Waals surface area (Å²) in [4.78, 5) is 29.4. The van der Waals surface area contributed by atoms with E-state index in [1.54, 1.807) is 0 Å². The molecule has 0 heterocycles. The number of alkyl halides is 4. The third kappa shape index (κ3) is 176. The van der Waals surface area contributed by atoms with Gasteiger partial charge in [0.1, 0.15) is 5.78 Å². The largest absolute Gasteiger partial charge is 0.300 e. The van der Waals surface area contributed by atoms with Crippen LogP contribution in [-0.2, 0) is 14.4 Å². The zero-order valence-electron chi connectivity index (χ0n) is 16.1. The van der Waals surface area contributed by atoms with Gasteiger partial charge < -0.3 is 0 Å². The molecule has 0 aliphatic rings. The molecule has 0 atom stereocenters. The van der Waals surface area contributed by atoms with E-state index in [0.717, 1.165) is 0 Å². The summed E-state index contributed by atoms with van der Waals surface area (Å²) < 4.78 is 2.44. The van der Waals surface area contributed by atoms with Gasteiger partial charge in [0.05, 0.1) is 0 Å². The van der Waals surface area contributed by atoms with Gasteiger partial charge in [0.15, 0.2) is 5.78 Å². The monoisotopic (exact) mass is 660 g/mol. The van der Waals surface area contributed by atoms with Crippen LogP contribution in [0.15, 0.2) is 12.7 Å². The van der Waals surface area contributed by atoms with Crippen molar-refractivity contribution in [1.82, 2.24) is 0 Å². The number of hydrogen-bond donors (Lipinski definition) is 0. The lowest BCUT2D eigenvalue weighted by Gasteiger charge is -1.79. The van der Waals surface area contributed by atoms with E-state index in [1.165, 1.54) is 28.8 Å². The Morgan fingerprint density at radius 1 is 0.923 bits per heavy atom. The van der Waals surface area contributed by atoms with Crippen molar-refractivity contribution in [3.05, 3.63) is 12.7 Å².